The minimum Gasteiger partial charge on any atom is -0.507 e. The van der Waals surface area contributed by atoms with Gasteiger partial charge >= 0.3 is 0 Å². The van der Waals surface area contributed by atoms with Crippen molar-refractivity contribution < 1.29 is 41.3 Å². The molecule has 0 fully saturated rings. The molecule has 0 saturated carbocycles. The molecule has 0 aliphatic rings. The number of hydrogen-bond acceptors (Lipinski definition) is 3. The average molecular weight is 993 g/mol. The molecule has 8 rings (SSSR count). The molecule has 61 heavy (non-hydrogen) atoms. The van der Waals surface area contributed by atoms with E-state index in [1.165, 1.54) is 0 Å². The Hall–Kier alpha value is -5.57. The number of imidazole rings is 1. The van der Waals surface area contributed by atoms with Crippen molar-refractivity contribution in [1.29, 1.82) is 0 Å². The third kappa shape index (κ3) is 8.53. The van der Waals surface area contributed by atoms with E-state index in [9.17, 15) is 7.85 Å². The topological polar surface area (TPSA) is 50.9 Å². The van der Waals surface area contributed by atoms with Gasteiger partial charge in [-0.25, -0.2) is 4.98 Å². The van der Waals surface area contributed by atoms with Gasteiger partial charge in [0, 0.05) is 44.1 Å². The summed E-state index contributed by atoms with van der Waals surface area (Å²) in [5.74, 6) is -0.522. The number of benzene rings is 6. The predicted octanol–water partition coefficient (Wildman–Crippen LogP) is 14.9. The van der Waals surface area contributed by atoms with Gasteiger partial charge in [-0.15, -0.1) is 29.3 Å². The Kier molecular flexibility index (Phi) is 8.57. The fourth-order valence-electron chi connectivity index (χ4n) is 7.86. The first-order chi connectivity index (χ1) is 32.9. The van der Waals surface area contributed by atoms with Gasteiger partial charge in [-0.05, 0) is 112 Å². The number of aromatic nitrogens is 3. The molecule has 8 aromatic rings. The second-order valence-corrected chi connectivity index (χ2v) is 17.8. The number of fused-ring (bicyclic) bond motifs is 1. The largest absolute Gasteiger partial charge is 0.507 e. The number of hydrogen-bond donors (Lipinski definition) is 1. The third-order valence-electron chi connectivity index (χ3n) is 10.9. The summed E-state index contributed by atoms with van der Waals surface area (Å²) in [6.45, 7) is 17.2. The van der Waals surface area contributed by atoms with Crippen LogP contribution < -0.4 is 0 Å². The van der Waals surface area contributed by atoms with Crippen LogP contribution in [0.5, 0.6) is 5.75 Å². The van der Waals surface area contributed by atoms with Crippen molar-refractivity contribution in [3.05, 3.63) is 167 Å². The molecule has 0 aliphatic carbocycles. The summed E-state index contributed by atoms with van der Waals surface area (Å²) in [6, 6.07) is 26.9. The van der Waals surface area contributed by atoms with Gasteiger partial charge in [0.25, 0.3) is 0 Å². The summed E-state index contributed by atoms with van der Waals surface area (Å²) in [6.07, 6.45) is -0.597. The number of nitrogens with zero attached hydrogens (tertiary/aromatic N) is 3. The molecular formula is C56H56N3OPt-. The minimum atomic E-state index is -2.97. The van der Waals surface area contributed by atoms with Gasteiger partial charge in [0.2, 0.25) is 0 Å². The number of phenols is 1. The van der Waals surface area contributed by atoms with Gasteiger partial charge in [0.1, 0.15) is 11.6 Å². The Morgan fingerprint density at radius 3 is 2.16 bits per heavy atom. The fourth-order valence-corrected chi connectivity index (χ4v) is 7.86. The van der Waals surface area contributed by atoms with E-state index in [0.29, 0.717) is 44.8 Å². The fraction of sp³-hybridized carbons (Fsp3) is 0.250. The van der Waals surface area contributed by atoms with Crippen LogP contribution >= 0.6 is 0 Å². The Morgan fingerprint density at radius 2 is 1.46 bits per heavy atom. The molecule has 5 heteroatoms. The minimum absolute atomic E-state index is 0. The smallest absolute Gasteiger partial charge is 0.148 e. The Bertz CT molecular complexity index is 3460. The zero-order valence-electron chi connectivity index (χ0n) is 47.2. The van der Waals surface area contributed by atoms with Crippen LogP contribution in [0.25, 0.3) is 72.7 Å². The second kappa shape index (κ2) is 16.7. The maximum Gasteiger partial charge on any atom is 0.148 e. The van der Waals surface area contributed by atoms with Crippen LogP contribution in [0.3, 0.4) is 0 Å². The van der Waals surface area contributed by atoms with Gasteiger partial charge in [0.05, 0.1) is 26.2 Å². The zero-order valence-corrected chi connectivity index (χ0v) is 38.5. The summed E-state index contributed by atoms with van der Waals surface area (Å²) in [5, 5.41) is 11.8. The Morgan fingerprint density at radius 1 is 0.738 bits per heavy atom. The second-order valence-electron chi connectivity index (χ2n) is 17.8. The van der Waals surface area contributed by atoms with E-state index in [2.05, 4.69) is 50.0 Å². The van der Waals surface area contributed by atoms with E-state index in [4.69, 9.17) is 17.3 Å². The van der Waals surface area contributed by atoms with Crippen molar-refractivity contribution in [3.8, 4) is 67.5 Å². The Labute approximate surface area is 392 Å². The molecule has 0 radical (unpaired) electrons. The summed E-state index contributed by atoms with van der Waals surface area (Å²) < 4.78 is 97.3. The standard InChI is InChI=1S/C56H56N3O.Pt/c1-34(2)47-33-43(23-24-45(47)46-15-12-13-17-49(46)56(9,10)11)59-51-18-14-16-44(52(51)58-54(59)48-28-36(4)27-37(5)53(48)60)40-29-41(31-42(30-40)55(6,7)8)50-32-39(25-26-57-50)38-21-19-35(3)20-22-38;/h12-28,30-34,60H,1-11H3;/q-1;/i3D3,19D,20D,21D,22D,25D,26D,32D,34D;. The Balaban J connectivity index is 0.00000760. The summed E-state index contributed by atoms with van der Waals surface area (Å²) in [4.78, 5) is 9.76. The molecule has 0 unspecified atom stereocenters. The van der Waals surface area contributed by atoms with Gasteiger partial charge in [0.15, 0.2) is 0 Å². The SMILES string of the molecule is [2H]c1nc(-c2[c-]c(-c3cccc4c3nc(-c3cc(C)cc(C)c3O)n4-c3ccc(-c4ccccc4C(C)(C)C)c(C([2H])(C)C)c3)cc(C(C)(C)C)c2)c([2H])c(-c2c([2H])c([2H])c(C([2H])([2H])[2H])c([2H])c2[2H])c1[2H].[Pt]. The van der Waals surface area contributed by atoms with Crippen LogP contribution in [0.4, 0.5) is 0 Å². The molecule has 0 spiro atoms. The molecule has 4 nitrogen and oxygen atoms in total. The van der Waals surface area contributed by atoms with E-state index in [1.807, 2.05) is 114 Å². The van der Waals surface area contributed by atoms with Crippen molar-refractivity contribution in [2.24, 2.45) is 0 Å². The van der Waals surface area contributed by atoms with E-state index in [-0.39, 0.29) is 43.5 Å². The summed E-state index contributed by atoms with van der Waals surface area (Å²) >= 11 is 0. The molecule has 1 N–H and O–H groups in total. The van der Waals surface area contributed by atoms with Gasteiger partial charge in [-0.3, -0.25) is 9.55 Å². The first kappa shape index (κ1) is 31.3. The average Bonchev–Trinajstić information content (AvgIpc) is 3.67. The number of para-hydroxylation sites is 1. The molecule has 0 amide bonds. The number of pyridine rings is 1. The molecule has 0 bridgehead atoms. The van der Waals surface area contributed by atoms with E-state index in [1.54, 1.807) is 6.07 Å². The molecule has 6 aromatic carbocycles. The molecule has 0 aliphatic heterocycles. The summed E-state index contributed by atoms with van der Waals surface area (Å²) in [5.41, 5.74) is 7.71. The first-order valence-corrected chi connectivity index (χ1v) is 20.2. The quantitative estimate of drug-likeness (QED) is 0.162. The van der Waals surface area contributed by atoms with Crippen LogP contribution in [-0.2, 0) is 31.9 Å². The van der Waals surface area contributed by atoms with Gasteiger partial charge < -0.3 is 5.11 Å². The van der Waals surface area contributed by atoms with Crippen molar-refractivity contribution in [2.45, 2.75) is 92.8 Å². The zero-order chi connectivity index (χ0) is 52.2. The molecule has 2 aromatic heterocycles. The van der Waals surface area contributed by atoms with Crippen LogP contribution in [0, 0.1) is 26.8 Å². The van der Waals surface area contributed by atoms with Crippen molar-refractivity contribution in [3.63, 3.8) is 0 Å². The monoisotopic (exact) mass is 992 g/mol. The maximum absolute atomic E-state index is 11.8. The third-order valence-corrected chi connectivity index (χ3v) is 10.9. The van der Waals surface area contributed by atoms with Gasteiger partial charge in [-0.2, -0.15) is 0 Å². The summed E-state index contributed by atoms with van der Waals surface area (Å²) in [7, 11) is 0. The predicted molar refractivity (Wildman–Crippen MR) is 252 cm³/mol. The normalized spacial score (nSPS) is 14.9. The maximum atomic E-state index is 11.8. The molecule has 2 heterocycles. The van der Waals surface area contributed by atoms with Crippen LogP contribution in [0.15, 0.2) is 127 Å². The van der Waals surface area contributed by atoms with Crippen LogP contribution in [-0.4, -0.2) is 19.6 Å². The molecule has 312 valence electrons. The van der Waals surface area contributed by atoms with Crippen molar-refractivity contribution in [1.82, 2.24) is 14.5 Å². The molecular weight excluding hydrogens is 926 g/mol. The van der Waals surface area contributed by atoms with E-state index >= 15 is 0 Å². The van der Waals surface area contributed by atoms with E-state index < -0.39 is 77.3 Å². The number of aryl methyl sites for hydroxylation is 2. The number of rotatable bonds is 7. The molecule has 0 atom stereocenters. The van der Waals surface area contributed by atoms with Crippen molar-refractivity contribution >= 4 is 11.0 Å². The van der Waals surface area contributed by atoms with Gasteiger partial charge in [-0.1, -0.05) is 151 Å². The van der Waals surface area contributed by atoms with E-state index in [0.717, 1.165) is 33.4 Å². The molecule has 0 saturated heterocycles. The number of phenolic OH excluding ortho intramolecular Hbond substituents is 1. The van der Waals surface area contributed by atoms with Crippen molar-refractivity contribution in [2.75, 3.05) is 0 Å². The number of aromatic hydroxyl groups is 1. The van der Waals surface area contributed by atoms with Crippen LogP contribution in [0.2, 0.25) is 0 Å². The van der Waals surface area contributed by atoms with Crippen LogP contribution in [0.1, 0.15) is 110 Å². The first-order valence-electron chi connectivity index (χ1n) is 25.7.